The average Bonchev–Trinajstić information content (AvgIpc) is 2.79. The summed E-state index contributed by atoms with van der Waals surface area (Å²) >= 11 is 12.4. The van der Waals surface area contributed by atoms with Crippen molar-refractivity contribution in [3.63, 3.8) is 0 Å². The van der Waals surface area contributed by atoms with Crippen LogP contribution in [0, 0.1) is 0 Å². The fourth-order valence-corrected chi connectivity index (χ4v) is 3.72. The normalized spacial score (nSPS) is 10.7. The Labute approximate surface area is 195 Å². The van der Waals surface area contributed by atoms with Gasteiger partial charge in [0.1, 0.15) is 23.9 Å². The van der Waals surface area contributed by atoms with Gasteiger partial charge in [0.2, 0.25) is 5.95 Å². The van der Waals surface area contributed by atoms with Crippen molar-refractivity contribution in [3.8, 4) is 39.6 Å². The van der Waals surface area contributed by atoms with Gasteiger partial charge in [0, 0.05) is 39.0 Å². The third-order valence-corrected chi connectivity index (χ3v) is 5.59. The number of hydrogen-bond donors (Lipinski definition) is 2. The second-order valence-electron chi connectivity index (χ2n) is 6.89. The van der Waals surface area contributed by atoms with Crippen molar-refractivity contribution in [1.29, 1.82) is 0 Å². The molecule has 0 aliphatic carbocycles. The SMILES string of the molecule is COc1ccc(-c2cnc(N)nc2-c2ccc(OCc3c(Cl)cccc3Cl)cc2O)cc1. The molecule has 4 aromatic rings. The molecule has 0 bridgehead atoms. The highest BCUT2D eigenvalue weighted by Gasteiger charge is 2.16. The molecule has 0 aliphatic rings. The highest BCUT2D eigenvalue weighted by atomic mass is 35.5. The molecule has 8 heteroatoms. The van der Waals surface area contributed by atoms with Crippen LogP contribution in [0.3, 0.4) is 0 Å². The Hall–Kier alpha value is -3.48. The Morgan fingerprint density at radius 1 is 0.938 bits per heavy atom. The summed E-state index contributed by atoms with van der Waals surface area (Å²) < 4.78 is 11.0. The Morgan fingerprint density at radius 3 is 2.28 bits per heavy atom. The molecule has 1 aromatic heterocycles. The van der Waals surface area contributed by atoms with Gasteiger partial charge in [-0.3, -0.25) is 0 Å². The highest BCUT2D eigenvalue weighted by molar-refractivity contribution is 6.35. The van der Waals surface area contributed by atoms with E-state index < -0.39 is 0 Å². The van der Waals surface area contributed by atoms with E-state index in [1.165, 1.54) is 6.07 Å². The second-order valence-corrected chi connectivity index (χ2v) is 7.70. The first-order valence-electron chi connectivity index (χ1n) is 9.62. The van der Waals surface area contributed by atoms with Crippen LogP contribution in [0.25, 0.3) is 22.4 Å². The van der Waals surface area contributed by atoms with Crippen LogP contribution in [0.1, 0.15) is 5.56 Å². The number of nitrogen functional groups attached to an aromatic ring is 1. The first-order chi connectivity index (χ1) is 15.5. The summed E-state index contributed by atoms with van der Waals surface area (Å²) in [6.07, 6.45) is 1.63. The zero-order valence-electron chi connectivity index (χ0n) is 17.0. The standard InChI is InChI=1S/C24H19Cl2N3O3/c1-31-15-7-5-14(6-8-15)18-12-28-24(27)29-23(18)17-10-9-16(11-22(17)30)32-13-19-20(25)3-2-4-21(19)26/h2-12,30H,13H2,1H3,(H2,27,28,29). The van der Waals surface area contributed by atoms with Crippen molar-refractivity contribution in [3.05, 3.63) is 82.5 Å². The minimum absolute atomic E-state index is 0.0133. The number of aromatic hydroxyl groups is 1. The number of phenols is 1. The maximum atomic E-state index is 10.7. The quantitative estimate of drug-likeness (QED) is 0.361. The van der Waals surface area contributed by atoms with Crippen LogP contribution in [-0.2, 0) is 6.61 Å². The van der Waals surface area contributed by atoms with Gasteiger partial charge in [-0.1, -0.05) is 41.4 Å². The molecule has 0 saturated carbocycles. The minimum atomic E-state index is -0.0133. The first kappa shape index (κ1) is 21.7. The number of aromatic nitrogens is 2. The summed E-state index contributed by atoms with van der Waals surface area (Å²) in [6, 6.07) is 17.7. The molecule has 0 spiro atoms. The first-order valence-corrected chi connectivity index (χ1v) is 10.4. The predicted molar refractivity (Wildman–Crippen MR) is 126 cm³/mol. The average molecular weight is 468 g/mol. The van der Waals surface area contributed by atoms with Gasteiger partial charge in [0.05, 0.1) is 12.8 Å². The number of phenolic OH excluding ortho intramolecular Hbond substituents is 1. The summed E-state index contributed by atoms with van der Waals surface area (Å²) in [5.41, 5.74) is 9.07. The molecule has 0 radical (unpaired) electrons. The molecule has 6 nitrogen and oxygen atoms in total. The Balaban J connectivity index is 1.65. The van der Waals surface area contributed by atoms with Crippen LogP contribution in [0.5, 0.6) is 17.2 Å². The van der Waals surface area contributed by atoms with E-state index in [1.807, 2.05) is 24.3 Å². The molecule has 32 heavy (non-hydrogen) atoms. The molecule has 0 saturated heterocycles. The largest absolute Gasteiger partial charge is 0.507 e. The maximum Gasteiger partial charge on any atom is 0.220 e. The highest BCUT2D eigenvalue weighted by Crippen LogP contribution is 2.38. The summed E-state index contributed by atoms with van der Waals surface area (Å²) in [5.74, 6) is 1.27. The van der Waals surface area contributed by atoms with Crippen molar-refractivity contribution >= 4 is 29.2 Å². The number of halogens is 2. The number of anilines is 1. The number of benzene rings is 3. The van der Waals surface area contributed by atoms with E-state index in [0.29, 0.717) is 38.2 Å². The van der Waals surface area contributed by atoms with E-state index in [2.05, 4.69) is 9.97 Å². The predicted octanol–water partition coefficient (Wildman–Crippen LogP) is 5.99. The third kappa shape index (κ3) is 4.56. The molecule has 0 fully saturated rings. The van der Waals surface area contributed by atoms with Crippen LogP contribution in [0.15, 0.2) is 66.9 Å². The topological polar surface area (TPSA) is 90.5 Å². The summed E-state index contributed by atoms with van der Waals surface area (Å²) in [4.78, 5) is 8.48. The van der Waals surface area contributed by atoms with Crippen molar-refractivity contribution in [1.82, 2.24) is 9.97 Å². The minimum Gasteiger partial charge on any atom is -0.507 e. The van der Waals surface area contributed by atoms with Crippen molar-refractivity contribution < 1.29 is 14.6 Å². The lowest BCUT2D eigenvalue weighted by Crippen LogP contribution is -2.00. The van der Waals surface area contributed by atoms with Gasteiger partial charge in [-0.05, 0) is 42.0 Å². The molecule has 162 valence electrons. The molecular weight excluding hydrogens is 449 g/mol. The van der Waals surface area contributed by atoms with Crippen LogP contribution in [-0.4, -0.2) is 22.2 Å². The molecule has 3 N–H and O–H groups in total. The fraction of sp³-hybridized carbons (Fsp3) is 0.0833. The molecule has 3 aromatic carbocycles. The summed E-state index contributed by atoms with van der Waals surface area (Å²) in [5, 5.41) is 11.8. The Kier molecular flexibility index (Phi) is 6.35. The van der Waals surface area contributed by atoms with Gasteiger partial charge in [0.15, 0.2) is 0 Å². The van der Waals surface area contributed by atoms with Crippen molar-refractivity contribution in [2.45, 2.75) is 6.61 Å². The van der Waals surface area contributed by atoms with Gasteiger partial charge in [-0.15, -0.1) is 0 Å². The van der Waals surface area contributed by atoms with Crippen LogP contribution in [0.2, 0.25) is 10.0 Å². The lowest BCUT2D eigenvalue weighted by atomic mass is 10.00. The maximum absolute atomic E-state index is 10.7. The van der Waals surface area contributed by atoms with Gasteiger partial charge < -0.3 is 20.3 Å². The van der Waals surface area contributed by atoms with Crippen LogP contribution in [0.4, 0.5) is 5.95 Å². The van der Waals surface area contributed by atoms with Crippen LogP contribution >= 0.6 is 23.2 Å². The number of methoxy groups -OCH3 is 1. The second kappa shape index (κ2) is 9.34. The fourth-order valence-electron chi connectivity index (χ4n) is 3.21. The van der Waals surface area contributed by atoms with Crippen molar-refractivity contribution in [2.75, 3.05) is 12.8 Å². The molecular formula is C24H19Cl2N3O3. The molecule has 4 rings (SSSR count). The van der Waals surface area contributed by atoms with Crippen molar-refractivity contribution in [2.24, 2.45) is 0 Å². The van der Waals surface area contributed by atoms with E-state index in [-0.39, 0.29) is 18.3 Å². The lowest BCUT2D eigenvalue weighted by Gasteiger charge is -2.13. The molecule has 0 unspecified atom stereocenters. The van der Waals surface area contributed by atoms with E-state index in [0.717, 1.165) is 11.3 Å². The number of rotatable bonds is 6. The lowest BCUT2D eigenvalue weighted by molar-refractivity contribution is 0.304. The van der Waals surface area contributed by atoms with Gasteiger partial charge >= 0.3 is 0 Å². The number of nitrogens with two attached hydrogens (primary N) is 1. The number of nitrogens with zero attached hydrogens (tertiary/aromatic N) is 2. The Morgan fingerprint density at radius 2 is 1.62 bits per heavy atom. The van der Waals surface area contributed by atoms with Gasteiger partial charge in [-0.25, -0.2) is 9.97 Å². The summed E-state index contributed by atoms with van der Waals surface area (Å²) in [6.45, 7) is 0.162. The molecule has 1 heterocycles. The zero-order chi connectivity index (χ0) is 22.7. The zero-order valence-corrected chi connectivity index (χ0v) is 18.6. The van der Waals surface area contributed by atoms with Gasteiger partial charge in [-0.2, -0.15) is 0 Å². The number of hydrogen-bond acceptors (Lipinski definition) is 6. The van der Waals surface area contributed by atoms with Gasteiger partial charge in [0.25, 0.3) is 0 Å². The monoisotopic (exact) mass is 467 g/mol. The molecule has 0 aliphatic heterocycles. The number of ether oxygens (including phenoxy) is 2. The third-order valence-electron chi connectivity index (χ3n) is 4.88. The molecule has 0 atom stereocenters. The van der Waals surface area contributed by atoms with E-state index in [9.17, 15) is 5.11 Å². The molecule has 0 amide bonds. The van der Waals surface area contributed by atoms with E-state index in [4.69, 9.17) is 38.4 Å². The van der Waals surface area contributed by atoms with E-state index in [1.54, 1.807) is 43.6 Å². The Bertz CT molecular complexity index is 1240. The van der Waals surface area contributed by atoms with E-state index >= 15 is 0 Å². The smallest absolute Gasteiger partial charge is 0.220 e. The van der Waals surface area contributed by atoms with Crippen LogP contribution < -0.4 is 15.2 Å². The summed E-state index contributed by atoms with van der Waals surface area (Å²) in [7, 11) is 1.61.